The Morgan fingerprint density at radius 3 is 2.00 bits per heavy atom. The van der Waals surface area contributed by atoms with Gasteiger partial charge in [-0.3, -0.25) is 9.80 Å². The van der Waals surface area contributed by atoms with Crippen molar-refractivity contribution < 1.29 is 13.2 Å². The van der Waals surface area contributed by atoms with Crippen LogP contribution in [0.15, 0.2) is 0 Å². The summed E-state index contributed by atoms with van der Waals surface area (Å²) in [6.45, 7) is 2.28. The zero-order valence-corrected chi connectivity index (χ0v) is 11.4. The van der Waals surface area contributed by atoms with Gasteiger partial charge in [0.2, 0.25) is 0 Å². The van der Waals surface area contributed by atoms with Gasteiger partial charge in [-0.25, -0.2) is 0 Å². The van der Waals surface area contributed by atoms with Gasteiger partial charge in [-0.2, -0.15) is 13.2 Å². The minimum Gasteiger partial charge on any atom is -0.329 e. The molecular formula is C13H24F3N3. The van der Waals surface area contributed by atoms with Crippen molar-refractivity contribution in [2.24, 2.45) is 5.73 Å². The van der Waals surface area contributed by atoms with Crippen molar-refractivity contribution in [1.82, 2.24) is 9.80 Å². The molecule has 19 heavy (non-hydrogen) atoms. The van der Waals surface area contributed by atoms with Crippen LogP contribution >= 0.6 is 0 Å². The fraction of sp³-hybridized carbons (Fsp3) is 1.00. The molecule has 0 atom stereocenters. The highest BCUT2D eigenvalue weighted by molar-refractivity contribution is 4.96. The van der Waals surface area contributed by atoms with Crippen LogP contribution in [0.1, 0.15) is 32.1 Å². The second-order valence-corrected chi connectivity index (χ2v) is 5.87. The summed E-state index contributed by atoms with van der Waals surface area (Å²) in [6.07, 6.45) is 1.76. The van der Waals surface area contributed by atoms with Crippen LogP contribution in [-0.2, 0) is 0 Å². The fourth-order valence-corrected chi connectivity index (χ4v) is 3.49. The number of hydrogen-bond donors (Lipinski definition) is 1. The van der Waals surface area contributed by atoms with E-state index in [0.717, 1.165) is 12.8 Å². The maximum absolute atomic E-state index is 12.4. The quantitative estimate of drug-likeness (QED) is 0.855. The molecule has 1 aliphatic heterocycles. The summed E-state index contributed by atoms with van der Waals surface area (Å²) in [6, 6.07) is 0. The van der Waals surface area contributed by atoms with Gasteiger partial charge < -0.3 is 5.73 Å². The van der Waals surface area contributed by atoms with Crippen molar-refractivity contribution in [3.63, 3.8) is 0 Å². The molecule has 1 saturated heterocycles. The monoisotopic (exact) mass is 279 g/mol. The van der Waals surface area contributed by atoms with E-state index >= 15 is 0 Å². The third-order valence-corrected chi connectivity index (χ3v) is 4.61. The molecule has 0 aromatic rings. The predicted molar refractivity (Wildman–Crippen MR) is 68.9 cm³/mol. The van der Waals surface area contributed by atoms with Gasteiger partial charge in [-0.15, -0.1) is 0 Å². The molecule has 1 saturated carbocycles. The summed E-state index contributed by atoms with van der Waals surface area (Å²) in [5, 5.41) is 0. The van der Waals surface area contributed by atoms with E-state index in [1.165, 1.54) is 24.2 Å². The van der Waals surface area contributed by atoms with E-state index in [-0.39, 0.29) is 5.54 Å². The molecule has 2 rings (SSSR count). The molecule has 0 radical (unpaired) electrons. The Balaban J connectivity index is 1.88. The molecule has 0 bridgehead atoms. The van der Waals surface area contributed by atoms with Crippen molar-refractivity contribution in [2.75, 3.05) is 39.3 Å². The molecule has 2 fully saturated rings. The zero-order valence-electron chi connectivity index (χ0n) is 11.4. The average molecular weight is 279 g/mol. The summed E-state index contributed by atoms with van der Waals surface area (Å²) in [5.74, 6) is 0. The van der Waals surface area contributed by atoms with Gasteiger partial charge in [-0.1, -0.05) is 19.3 Å². The fourth-order valence-electron chi connectivity index (χ4n) is 3.49. The SMILES string of the molecule is NCC1(N2CCN(CC(F)(F)F)CC2)CCCCC1. The Hall–Kier alpha value is -0.330. The summed E-state index contributed by atoms with van der Waals surface area (Å²) in [7, 11) is 0. The molecule has 112 valence electrons. The predicted octanol–water partition coefficient (Wildman–Crippen LogP) is 1.83. The highest BCUT2D eigenvalue weighted by Crippen LogP contribution is 2.33. The normalized spacial score (nSPS) is 26.5. The maximum atomic E-state index is 12.4. The third kappa shape index (κ3) is 3.83. The van der Waals surface area contributed by atoms with Gasteiger partial charge in [0.25, 0.3) is 0 Å². The number of hydrogen-bond acceptors (Lipinski definition) is 3. The smallest absolute Gasteiger partial charge is 0.329 e. The van der Waals surface area contributed by atoms with Crippen LogP contribution in [0.25, 0.3) is 0 Å². The Morgan fingerprint density at radius 1 is 0.947 bits per heavy atom. The topological polar surface area (TPSA) is 32.5 Å². The zero-order chi connectivity index (χ0) is 13.9. The first-order valence-corrected chi connectivity index (χ1v) is 7.19. The first kappa shape index (κ1) is 15.1. The molecule has 1 heterocycles. The molecule has 0 aromatic carbocycles. The molecule has 1 aliphatic carbocycles. The molecule has 0 unspecified atom stereocenters. The van der Waals surface area contributed by atoms with E-state index < -0.39 is 12.7 Å². The molecule has 0 spiro atoms. The van der Waals surface area contributed by atoms with Crippen molar-refractivity contribution >= 4 is 0 Å². The van der Waals surface area contributed by atoms with Gasteiger partial charge in [0.1, 0.15) is 0 Å². The molecule has 2 N–H and O–H groups in total. The number of piperazine rings is 1. The van der Waals surface area contributed by atoms with Gasteiger partial charge in [-0.05, 0) is 12.8 Å². The summed E-state index contributed by atoms with van der Waals surface area (Å²) < 4.78 is 37.1. The van der Waals surface area contributed by atoms with Gasteiger partial charge >= 0.3 is 6.18 Å². The Morgan fingerprint density at radius 2 is 1.53 bits per heavy atom. The van der Waals surface area contributed by atoms with Crippen molar-refractivity contribution in [3.8, 4) is 0 Å². The second-order valence-electron chi connectivity index (χ2n) is 5.87. The van der Waals surface area contributed by atoms with Crippen LogP contribution in [0.4, 0.5) is 13.2 Å². The van der Waals surface area contributed by atoms with Crippen LogP contribution in [-0.4, -0.2) is 60.8 Å². The number of nitrogens with two attached hydrogens (primary N) is 1. The van der Waals surface area contributed by atoms with Crippen molar-refractivity contribution in [3.05, 3.63) is 0 Å². The summed E-state index contributed by atoms with van der Waals surface area (Å²) in [5.41, 5.74) is 6.03. The molecule has 0 amide bonds. The Kier molecular flexibility index (Phi) is 4.74. The van der Waals surface area contributed by atoms with Crippen LogP contribution < -0.4 is 5.73 Å². The van der Waals surface area contributed by atoms with Gasteiger partial charge in [0.05, 0.1) is 6.54 Å². The average Bonchev–Trinajstić information content (AvgIpc) is 2.38. The lowest BCUT2D eigenvalue weighted by atomic mass is 9.80. The highest BCUT2D eigenvalue weighted by Gasteiger charge is 2.39. The standard InChI is InChI=1S/C13H24F3N3/c14-13(15,16)11-18-6-8-19(9-7-18)12(10-17)4-2-1-3-5-12/h1-11,17H2. The highest BCUT2D eigenvalue weighted by atomic mass is 19.4. The van der Waals surface area contributed by atoms with Crippen LogP contribution in [0.5, 0.6) is 0 Å². The Labute approximate surface area is 112 Å². The minimum atomic E-state index is -4.08. The van der Waals surface area contributed by atoms with E-state index in [9.17, 15) is 13.2 Å². The first-order valence-electron chi connectivity index (χ1n) is 7.19. The largest absolute Gasteiger partial charge is 0.401 e. The summed E-state index contributed by atoms with van der Waals surface area (Å²) in [4.78, 5) is 3.85. The number of alkyl halides is 3. The lowest BCUT2D eigenvalue weighted by molar-refractivity contribution is -0.151. The number of rotatable bonds is 3. The van der Waals surface area contributed by atoms with Gasteiger partial charge in [0, 0.05) is 38.3 Å². The molecular weight excluding hydrogens is 255 g/mol. The number of nitrogens with zero attached hydrogens (tertiary/aromatic N) is 2. The first-order chi connectivity index (χ1) is 8.95. The maximum Gasteiger partial charge on any atom is 0.401 e. The lowest BCUT2D eigenvalue weighted by Gasteiger charge is -2.49. The molecule has 6 heteroatoms. The lowest BCUT2D eigenvalue weighted by Crippen LogP contribution is -2.61. The third-order valence-electron chi connectivity index (χ3n) is 4.61. The van der Waals surface area contributed by atoms with E-state index in [0.29, 0.717) is 32.7 Å². The van der Waals surface area contributed by atoms with E-state index in [4.69, 9.17) is 5.73 Å². The van der Waals surface area contributed by atoms with Crippen molar-refractivity contribution in [2.45, 2.75) is 43.8 Å². The molecule has 0 aromatic heterocycles. The Bertz CT molecular complexity index is 279. The van der Waals surface area contributed by atoms with Crippen LogP contribution in [0.2, 0.25) is 0 Å². The summed E-state index contributed by atoms with van der Waals surface area (Å²) >= 11 is 0. The second kappa shape index (κ2) is 5.97. The van der Waals surface area contributed by atoms with E-state index in [1.54, 1.807) is 0 Å². The molecule has 3 nitrogen and oxygen atoms in total. The van der Waals surface area contributed by atoms with Gasteiger partial charge in [0.15, 0.2) is 0 Å². The van der Waals surface area contributed by atoms with Crippen LogP contribution in [0.3, 0.4) is 0 Å². The van der Waals surface area contributed by atoms with E-state index in [2.05, 4.69) is 4.90 Å². The van der Waals surface area contributed by atoms with Crippen LogP contribution in [0, 0.1) is 0 Å². The minimum absolute atomic E-state index is 0.0581. The number of halogens is 3. The molecule has 2 aliphatic rings. The van der Waals surface area contributed by atoms with Crippen molar-refractivity contribution in [1.29, 1.82) is 0 Å². The van der Waals surface area contributed by atoms with E-state index in [1.807, 2.05) is 0 Å².